The van der Waals surface area contributed by atoms with Gasteiger partial charge in [0.1, 0.15) is 5.76 Å². The highest BCUT2D eigenvalue weighted by Crippen LogP contribution is 2.41. The average molecular weight is 458 g/mol. The smallest absolute Gasteiger partial charge is 0.295 e. The van der Waals surface area contributed by atoms with Crippen LogP contribution in [0.2, 0.25) is 0 Å². The number of likely N-dealkylation sites (tertiary alicyclic amines) is 1. The number of rotatable bonds is 9. The molecule has 1 aliphatic heterocycles. The summed E-state index contributed by atoms with van der Waals surface area (Å²) in [7, 11) is 1.33. The van der Waals surface area contributed by atoms with Gasteiger partial charge in [-0.25, -0.2) is 0 Å². The molecule has 11 heteroatoms. The van der Waals surface area contributed by atoms with Gasteiger partial charge in [0.25, 0.3) is 17.4 Å². The van der Waals surface area contributed by atoms with Crippen LogP contribution >= 0.6 is 0 Å². The maximum Gasteiger partial charge on any atom is 0.295 e. The first kappa shape index (κ1) is 23.7. The predicted octanol–water partition coefficient (Wildman–Crippen LogP) is 1.74. The molecule has 0 aliphatic carbocycles. The molecule has 1 fully saturated rings. The second kappa shape index (κ2) is 10.1. The number of aromatic hydroxyl groups is 1. The third-order valence-corrected chi connectivity index (χ3v) is 5.10. The molecule has 1 amide bonds. The van der Waals surface area contributed by atoms with E-state index in [-0.39, 0.29) is 54.7 Å². The average Bonchev–Trinajstić information content (AvgIpc) is 3.06. The molecule has 1 atom stereocenters. The normalized spacial score (nSPS) is 17.4. The number of carbonyl (C=O) groups is 2. The van der Waals surface area contributed by atoms with Crippen LogP contribution in [-0.2, 0) is 14.3 Å². The van der Waals surface area contributed by atoms with E-state index in [1.807, 2.05) is 0 Å². The number of phenolic OH excluding ortho intramolecular Hbond substituents is 1. The van der Waals surface area contributed by atoms with Crippen LogP contribution in [0.15, 0.2) is 48.0 Å². The zero-order valence-corrected chi connectivity index (χ0v) is 17.6. The molecule has 0 spiro atoms. The van der Waals surface area contributed by atoms with Gasteiger partial charge in [-0.15, -0.1) is 0 Å². The first-order chi connectivity index (χ1) is 15.8. The summed E-state index contributed by atoms with van der Waals surface area (Å²) in [6.07, 6.45) is 0. The van der Waals surface area contributed by atoms with Gasteiger partial charge in [-0.2, -0.15) is 0 Å². The molecule has 3 rings (SSSR count). The molecule has 0 saturated carbocycles. The molecule has 0 bridgehead atoms. The summed E-state index contributed by atoms with van der Waals surface area (Å²) in [5.41, 5.74) is -0.212. The van der Waals surface area contributed by atoms with Crippen molar-refractivity contribution in [3.63, 3.8) is 0 Å². The molecule has 11 nitrogen and oxygen atoms in total. The van der Waals surface area contributed by atoms with Crippen molar-refractivity contribution >= 4 is 23.1 Å². The van der Waals surface area contributed by atoms with Crippen LogP contribution in [-0.4, -0.2) is 70.3 Å². The minimum Gasteiger partial charge on any atom is -0.507 e. The van der Waals surface area contributed by atoms with Crippen molar-refractivity contribution in [3.05, 3.63) is 69.3 Å². The number of nitro benzene ring substituents is 1. The molecular weight excluding hydrogens is 436 g/mol. The Kier molecular flexibility index (Phi) is 7.26. The van der Waals surface area contributed by atoms with Gasteiger partial charge in [-0.05, 0) is 17.7 Å². The number of nitrogens with zero attached hydrogens (tertiary/aromatic N) is 2. The minimum absolute atomic E-state index is 0.00512. The molecule has 0 aromatic heterocycles. The Morgan fingerprint density at radius 2 is 1.94 bits per heavy atom. The minimum atomic E-state index is -1.07. The summed E-state index contributed by atoms with van der Waals surface area (Å²) in [5.74, 6) is -2.52. The fraction of sp³-hybridized carbons (Fsp3) is 0.273. The number of aliphatic hydroxyl groups is 2. The van der Waals surface area contributed by atoms with Crippen molar-refractivity contribution in [2.45, 2.75) is 6.04 Å². The van der Waals surface area contributed by atoms with E-state index in [0.717, 1.165) is 6.07 Å². The molecule has 1 saturated heterocycles. The molecule has 1 heterocycles. The van der Waals surface area contributed by atoms with Gasteiger partial charge >= 0.3 is 0 Å². The zero-order chi connectivity index (χ0) is 24.1. The summed E-state index contributed by atoms with van der Waals surface area (Å²) in [4.78, 5) is 37.5. The lowest BCUT2D eigenvalue weighted by atomic mass is 9.95. The van der Waals surface area contributed by atoms with Crippen LogP contribution in [0.1, 0.15) is 17.2 Å². The van der Waals surface area contributed by atoms with E-state index in [1.54, 1.807) is 0 Å². The number of hydrogen-bond donors (Lipinski definition) is 3. The van der Waals surface area contributed by atoms with Gasteiger partial charge < -0.3 is 29.7 Å². The number of ether oxygens (including phenoxy) is 2. The first-order valence-electron chi connectivity index (χ1n) is 9.88. The van der Waals surface area contributed by atoms with E-state index in [1.165, 1.54) is 48.4 Å². The second-order valence-electron chi connectivity index (χ2n) is 7.07. The number of benzene rings is 2. The third-order valence-electron chi connectivity index (χ3n) is 5.10. The van der Waals surface area contributed by atoms with Crippen molar-refractivity contribution in [3.8, 4) is 11.5 Å². The van der Waals surface area contributed by atoms with Crippen molar-refractivity contribution in [1.82, 2.24) is 4.90 Å². The number of aliphatic hydroxyl groups excluding tert-OH is 2. The predicted molar refractivity (Wildman–Crippen MR) is 115 cm³/mol. The first-order valence-corrected chi connectivity index (χ1v) is 9.88. The van der Waals surface area contributed by atoms with Gasteiger partial charge in [-0.3, -0.25) is 19.7 Å². The van der Waals surface area contributed by atoms with Crippen LogP contribution in [0.4, 0.5) is 5.69 Å². The lowest BCUT2D eigenvalue weighted by Gasteiger charge is -2.25. The molecular formula is C22H22N2O9. The van der Waals surface area contributed by atoms with E-state index < -0.39 is 28.4 Å². The van der Waals surface area contributed by atoms with Crippen molar-refractivity contribution < 1.29 is 39.3 Å². The molecule has 2 aromatic carbocycles. The molecule has 1 aliphatic rings. The van der Waals surface area contributed by atoms with Gasteiger partial charge in [0, 0.05) is 24.2 Å². The number of carbonyl (C=O) groups excluding carboxylic acids is 2. The summed E-state index contributed by atoms with van der Waals surface area (Å²) in [5, 5.41) is 40.9. The number of nitro groups is 1. The monoisotopic (exact) mass is 458 g/mol. The van der Waals surface area contributed by atoms with E-state index in [9.17, 15) is 29.9 Å². The number of phenols is 1. The van der Waals surface area contributed by atoms with E-state index in [4.69, 9.17) is 14.6 Å². The highest BCUT2D eigenvalue weighted by Gasteiger charge is 2.46. The number of non-ortho nitro benzene ring substituents is 1. The number of ketones is 1. The summed E-state index contributed by atoms with van der Waals surface area (Å²) >= 11 is 0. The Morgan fingerprint density at radius 3 is 2.61 bits per heavy atom. The third kappa shape index (κ3) is 4.78. The van der Waals surface area contributed by atoms with Crippen molar-refractivity contribution in [2.75, 3.05) is 33.5 Å². The van der Waals surface area contributed by atoms with Crippen LogP contribution in [0, 0.1) is 10.1 Å². The summed E-state index contributed by atoms with van der Waals surface area (Å²) in [6.45, 7) is -0.209. The summed E-state index contributed by atoms with van der Waals surface area (Å²) in [6, 6.07) is 8.21. The Balaban J connectivity index is 2.14. The van der Waals surface area contributed by atoms with Crippen LogP contribution in [0.25, 0.3) is 5.76 Å². The van der Waals surface area contributed by atoms with Crippen molar-refractivity contribution in [1.29, 1.82) is 0 Å². The molecule has 1 unspecified atom stereocenters. The van der Waals surface area contributed by atoms with Gasteiger partial charge in [-0.1, -0.05) is 18.2 Å². The van der Waals surface area contributed by atoms with Crippen LogP contribution < -0.4 is 4.74 Å². The Labute approximate surface area is 188 Å². The van der Waals surface area contributed by atoms with E-state index in [0.29, 0.717) is 5.56 Å². The Hall–Kier alpha value is -3.96. The number of amides is 1. The molecule has 174 valence electrons. The standard InChI is InChI=1S/C22H22N2O9/c1-32-17-12-13(5-6-16(17)26)19-18(20(27)14-3-2-4-15(11-14)24(30)31)21(28)22(29)23(19)7-9-33-10-8-25/h2-6,11-12,19,25-27H,7-10H2,1H3/b20-18-. The lowest BCUT2D eigenvalue weighted by Crippen LogP contribution is -2.33. The Morgan fingerprint density at radius 1 is 1.18 bits per heavy atom. The number of methoxy groups -OCH3 is 1. The van der Waals surface area contributed by atoms with Gasteiger partial charge in [0.2, 0.25) is 0 Å². The van der Waals surface area contributed by atoms with E-state index >= 15 is 0 Å². The maximum absolute atomic E-state index is 12.9. The van der Waals surface area contributed by atoms with Crippen LogP contribution in [0.3, 0.4) is 0 Å². The van der Waals surface area contributed by atoms with E-state index in [2.05, 4.69) is 0 Å². The molecule has 0 radical (unpaired) electrons. The highest BCUT2D eigenvalue weighted by molar-refractivity contribution is 6.46. The van der Waals surface area contributed by atoms with Gasteiger partial charge in [0.15, 0.2) is 11.5 Å². The maximum atomic E-state index is 12.9. The second-order valence-corrected chi connectivity index (χ2v) is 7.07. The lowest BCUT2D eigenvalue weighted by molar-refractivity contribution is -0.384. The Bertz CT molecular complexity index is 1110. The molecule has 3 N–H and O–H groups in total. The molecule has 33 heavy (non-hydrogen) atoms. The van der Waals surface area contributed by atoms with Crippen LogP contribution in [0.5, 0.6) is 11.5 Å². The number of Topliss-reactive ketones (excluding diaryl/α,β-unsaturated/α-hetero) is 1. The largest absolute Gasteiger partial charge is 0.507 e. The number of hydrogen-bond acceptors (Lipinski definition) is 9. The topological polar surface area (TPSA) is 160 Å². The highest BCUT2D eigenvalue weighted by atomic mass is 16.6. The zero-order valence-electron chi connectivity index (χ0n) is 17.6. The van der Waals surface area contributed by atoms with Crippen molar-refractivity contribution in [2.24, 2.45) is 0 Å². The summed E-state index contributed by atoms with van der Waals surface area (Å²) < 4.78 is 10.4. The SMILES string of the molecule is COc1cc(C2/C(=C(/O)c3cccc([N+](=O)[O-])c3)C(=O)C(=O)N2CCOCCO)ccc1O. The molecule has 2 aromatic rings. The fourth-order valence-corrected chi connectivity index (χ4v) is 3.57. The van der Waals surface area contributed by atoms with Gasteiger partial charge in [0.05, 0.1) is 43.5 Å². The fourth-order valence-electron chi connectivity index (χ4n) is 3.57. The quantitative estimate of drug-likeness (QED) is 0.127.